The van der Waals surface area contributed by atoms with E-state index in [1.54, 1.807) is 0 Å². The Labute approximate surface area is 81.2 Å². The SMILES string of the molecule is C[N+]1(CCS(C)(=O)=O)CCCCC1. The Morgan fingerprint density at radius 1 is 1.15 bits per heavy atom. The zero-order valence-corrected chi connectivity index (χ0v) is 9.44. The Hall–Kier alpha value is -0.0900. The first-order valence-electron chi connectivity index (χ1n) is 4.93. The van der Waals surface area contributed by atoms with Crippen molar-refractivity contribution in [2.75, 3.05) is 38.7 Å². The Bertz CT molecular complexity index is 253. The Balaban J connectivity index is 2.42. The third-order valence-corrected chi connectivity index (χ3v) is 3.82. The molecule has 0 aliphatic carbocycles. The fraction of sp³-hybridized carbons (Fsp3) is 1.00. The molecule has 0 bridgehead atoms. The molecule has 1 saturated heterocycles. The first-order chi connectivity index (χ1) is 5.91. The van der Waals surface area contributed by atoms with Crippen LogP contribution in [0, 0.1) is 0 Å². The van der Waals surface area contributed by atoms with Crippen molar-refractivity contribution in [2.45, 2.75) is 19.3 Å². The van der Waals surface area contributed by atoms with E-state index in [9.17, 15) is 8.42 Å². The molecule has 0 aromatic carbocycles. The predicted octanol–water partition coefficient (Wildman–Crippen LogP) is 0.661. The van der Waals surface area contributed by atoms with Crippen LogP contribution in [-0.2, 0) is 9.84 Å². The van der Waals surface area contributed by atoms with Crippen LogP contribution in [0.1, 0.15) is 19.3 Å². The molecule has 0 aromatic heterocycles. The highest BCUT2D eigenvalue weighted by molar-refractivity contribution is 7.90. The lowest BCUT2D eigenvalue weighted by atomic mass is 10.1. The zero-order chi connectivity index (χ0) is 9.95. The molecule has 0 radical (unpaired) electrons. The van der Waals surface area contributed by atoms with E-state index in [2.05, 4.69) is 7.05 Å². The molecule has 4 heteroatoms. The molecule has 0 amide bonds. The van der Waals surface area contributed by atoms with E-state index in [-0.39, 0.29) is 0 Å². The van der Waals surface area contributed by atoms with Crippen LogP contribution in [0.4, 0.5) is 0 Å². The summed E-state index contributed by atoms with van der Waals surface area (Å²) in [6.07, 6.45) is 5.14. The van der Waals surface area contributed by atoms with Crippen LogP contribution in [-0.4, -0.2) is 51.6 Å². The van der Waals surface area contributed by atoms with Gasteiger partial charge >= 0.3 is 0 Å². The third kappa shape index (κ3) is 4.09. The molecule has 0 unspecified atom stereocenters. The molecule has 0 aromatic rings. The average Bonchev–Trinajstić information content (AvgIpc) is 2.02. The fourth-order valence-corrected chi connectivity index (χ4v) is 2.66. The van der Waals surface area contributed by atoms with Crippen molar-refractivity contribution >= 4 is 9.84 Å². The van der Waals surface area contributed by atoms with E-state index in [0.717, 1.165) is 24.1 Å². The van der Waals surface area contributed by atoms with Crippen molar-refractivity contribution in [1.29, 1.82) is 0 Å². The summed E-state index contributed by atoms with van der Waals surface area (Å²) in [6.45, 7) is 3.09. The van der Waals surface area contributed by atoms with Crippen LogP contribution in [0.25, 0.3) is 0 Å². The summed E-state index contributed by atoms with van der Waals surface area (Å²) in [4.78, 5) is 0. The summed E-state index contributed by atoms with van der Waals surface area (Å²) in [6, 6.07) is 0. The van der Waals surface area contributed by atoms with Gasteiger partial charge in [0.05, 0.1) is 32.4 Å². The van der Waals surface area contributed by atoms with Crippen LogP contribution < -0.4 is 0 Å². The molecule has 13 heavy (non-hydrogen) atoms. The van der Waals surface area contributed by atoms with E-state index in [4.69, 9.17) is 0 Å². The molecule has 78 valence electrons. The number of hydrogen-bond donors (Lipinski definition) is 0. The van der Waals surface area contributed by atoms with Crippen LogP contribution in [0.15, 0.2) is 0 Å². The smallest absolute Gasteiger partial charge is 0.152 e. The van der Waals surface area contributed by atoms with Crippen molar-refractivity contribution in [3.8, 4) is 0 Å². The molecule has 1 aliphatic heterocycles. The quantitative estimate of drug-likeness (QED) is 0.636. The zero-order valence-electron chi connectivity index (χ0n) is 8.62. The van der Waals surface area contributed by atoms with Gasteiger partial charge in [-0.25, -0.2) is 8.42 Å². The van der Waals surface area contributed by atoms with Gasteiger partial charge in [-0.3, -0.25) is 0 Å². The van der Waals surface area contributed by atoms with Crippen LogP contribution in [0.3, 0.4) is 0 Å². The second-order valence-electron chi connectivity index (χ2n) is 4.48. The van der Waals surface area contributed by atoms with Gasteiger partial charge in [0.2, 0.25) is 0 Å². The lowest BCUT2D eigenvalue weighted by Crippen LogP contribution is -2.50. The number of sulfone groups is 1. The normalized spacial score (nSPS) is 22.9. The van der Waals surface area contributed by atoms with Crippen molar-refractivity contribution in [1.82, 2.24) is 0 Å². The lowest BCUT2D eigenvalue weighted by molar-refractivity contribution is -0.911. The van der Waals surface area contributed by atoms with Gasteiger partial charge in [0.25, 0.3) is 0 Å². The molecule has 1 heterocycles. The minimum absolute atomic E-state index is 0.337. The summed E-state index contributed by atoms with van der Waals surface area (Å²) in [5.74, 6) is 0.337. The molecule has 1 fully saturated rings. The minimum Gasteiger partial charge on any atom is -0.325 e. The highest BCUT2D eigenvalue weighted by Crippen LogP contribution is 2.15. The Morgan fingerprint density at radius 2 is 1.69 bits per heavy atom. The van der Waals surface area contributed by atoms with Gasteiger partial charge in [0, 0.05) is 6.26 Å². The summed E-state index contributed by atoms with van der Waals surface area (Å²) in [5.41, 5.74) is 0. The van der Waals surface area contributed by atoms with E-state index in [1.807, 2.05) is 0 Å². The monoisotopic (exact) mass is 206 g/mol. The first-order valence-corrected chi connectivity index (χ1v) is 6.99. The van der Waals surface area contributed by atoms with Crippen molar-refractivity contribution in [3.63, 3.8) is 0 Å². The Morgan fingerprint density at radius 3 is 2.15 bits per heavy atom. The predicted molar refractivity (Wildman–Crippen MR) is 54.3 cm³/mol. The molecule has 0 atom stereocenters. The molecular weight excluding hydrogens is 186 g/mol. The van der Waals surface area contributed by atoms with Crippen molar-refractivity contribution < 1.29 is 12.9 Å². The maximum atomic E-state index is 11.0. The molecule has 0 saturated carbocycles. The summed E-state index contributed by atoms with van der Waals surface area (Å²) in [7, 11) is -0.606. The Kier molecular flexibility index (Phi) is 3.35. The van der Waals surface area contributed by atoms with E-state index < -0.39 is 9.84 Å². The number of quaternary nitrogens is 1. The van der Waals surface area contributed by atoms with Crippen LogP contribution in [0.2, 0.25) is 0 Å². The van der Waals surface area contributed by atoms with Crippen molar-refractivity contribution in [2.24, 2.45) is 0 Å². The largest absolute Gasteiger partial charge is 0.325 e. The molecule has 1 rings (SSSR count). The lowest BCUT2D eigenvalue weighted by Gasteiger charge is -2.37. The van der Waals surface area contributed by atoms with Gasteiger partial charge in [-0.05, 0) is 19.3 Å². The number of piperidine rings is 1. The highest BCUT2D eigenvalue weighted by Gasteiger charge is 2.25. The molecule has 3 nitrogen and oxygen atoms in total. The first kappa shape index (κ1) is 11.0. The second-order valence-corrected chi connectivity index (χ2v) is 6.74. The van der Waals surface area contributed by atoms with Gasteiger partial charge in [0.15, 0.2) is 9.84 Å². The second kappa shape index (κ2) is 3.96. The average molecular weight is 206 g/mol. The number of rotatable bonds is 3. The van der Waals surface area contributed by atoms with E-state index in [1.165, 1.54) is 25.5 Å². The summed E-state index contributed by atoms with van der Waals surface area (Å²) < 4.78 is 23.0. The maximum Gasteiger partial charge on any atom is 0.152 e. The molecule has 1 aliphatic rings. The number of hydrogen-bond acceptors (Lipinski definition) is 2. The highest BCUT2D eigenvalue weighted by atomic mass is 32.2. The van der Waals surface area contributed by atoms with Gasteiger partial charge in [0.1, 0.15) is 0 Å². The molecular formula is C9H20NO2S+. The molecule has 0 N–H and O–H groups in total. The maximum absolute atomic E-state index is 11.0. The fourth-order valence-electron chi connectivity index (χ4n) is 1.89. The van der Waals surface area contributed by atoms with E-state index in [0.29, 0.717) is 5.75 Å². The summed E-state index contributed by atoms with van der Waals surface area (Å²) >= 11 is 0. The van der Waals surface area contributed by atoms with Gasteiger partial charge in [-0.2, -0.15) is 0 Å². The topological polar surface area (TPSA) is 34.1 Å². The van der Waals surface area contributed by atoms with Crippen molar-refractivity contribution in [3.05, 3.63) is 0 Å². The number of nitrogens with zero attached hydrogens (tertiary/aromatic N) is 1. The van der Waals surface area contributed by atoms with Gasteiger partial charge in [-0.1, -0.05) is 0 Å². The molecule has 0 spiro atoms. The van der Waals surface area contributed by atoms with Crippen LogP contribution in [0.5, 0.6) is 0 Å². The number of likely N-dealkylation sites (tertiary alicyclic amines) is 1. The van der Waals surface area contributed by atoms with Crippen LogP contribution >= 0.6 is 0 Å². The third-order valence-electron chi connectivity index (χ3n) is 2.90. The van der Waals surface area contributed by atoms with E-state index >= 15 is 0 Å². The summed E-state index contributed by atoms with van der Waals surface area (Å²) in [5, 5.41) is 0. The minimum atomic E-state index is -2.78. The van der Waals surface area contributed by atoms with Gasteiger partial charge < -0.3 is 4.48 Å². The van der Waals surface area contributed by atoms with Gasteiger partial charge in [-0.15, -0.1) is 0 Å². The standard InChI is InChI=1S/C9H20NO2S/c1-10(6-4-3-5-7-10)8-9-13(2,11)12/h3-9H2,1-2H3/q+1.